The molecule has 0 saturated carbocycles. The van der Waals surface area contributed by atoms with Gasteiger partial charge in [-0.25, -0.2) is 15.0 Å². The molecule has 0 amide bonds. The van der Waals surface area contributed by atoms with Gasteiger partial charge in [0.2, 0.25) is 0 Å². The number of aromatic nitrogens is 4. The molecule has 1 saturated heterocycles. The van der Waals surface area contributed by atoms with E-state index in [0.717, 1.165) is 29.9 Å². The van der Waals surface area contributed by atoms with E-state index in [0.29, 0.717) is 25.0 Å². The number of rotatable bonds is 5. The number of hydrogen-bond donors (Lipinski definition) is 2. The van der Waals surface area contributed by atoms with Crippen molar-refractivity contribution in [2.24, 2.45) is 5.41 Å². The molecule has 3 heterocycles. The Hall–Kier alpha value is -3.22. The highest BCUT2D eigenvalue weighted by Gasteiger charge is 2.42. The summed E-state index contributed by atoms with van der Waals surface area (Å²) in [6.07, 6.45) is 8.94. The van der Waals surface area contributed by atoms with Crippen LogP contribution in [0.15, 0.2) is 49.1 Å². The number of H-pyrrole nitrogens is 1. The second-order valence-corrected chi connectivity index (χ2v) is 6.93. The third-order valence-electron chi connectivity index (χ3n) is 5.15. The van der Waals surface area contributed by atoms with Gasteiger partial charge >= 0.3 is 5.97 Å². The molecule has 27 heavy (non-hydrogen) atoms. The number of anilines is 1. The number of carboxylic acids is 1. The molecule has 0 spiro atoms. The van der Waals surface area contributed by atoms with Crippen molar-refractivity contribution in [3.8, 4) is 0 Å². The Morgan fingerprint density at radius 1 is 1.26 bits per heavy atom. The fourth-order valence-electron chi connectivity index (χ4n) is 3.72. The molecule has 3 aromatic rings. The predicted octanol–water partition coefficient (Wildman–Crippen LogP) is 3.13. The number of carbonyl (C=O) groups is 1. The van der Waals surface area contributed by atoms with E-state index >= 15 is 0 Å². The lowest BCUT2D eigenvalue weighted by molar-refractivity contribution is -0.149. The second-order valence-electron chi connectivity index (χ2n) is 6.93. The van der Waals surface area contributed by atoms with Crippen molar-refractivity contribution in [3.05, 3.63) is 54.6 Å². The van der Waals surface area contributed by atoms with Crippen LogP contribution in [0.5, 0.6) is 0 Å². The summed E-state index contributed by atoms with van der Waals surface area (Å²) < 4.78 is 0. The first kappa shape index (κ1) is 17.2. The lowest BCUT2D eigenvalue weighted by Gasteiger charge is -2.40. The van der Waals surface area contributed by atoms with Gasteiger partial charge in [-0.2, -0.15) is 0 Å². The molecule has 1 aromatic carbocycles. The topological polar surface area (TPSA) is 95.0 Å². The number of allylic oxidation sites excluding steroid dienone is 1. The quantitative estimate of drug-likeness (QED) is 0.723. The van der Waals surface area contributed by atoms with Crippen LogP contribution in [0.2, 0.25) is 0 Å². The van der Waals surface area contributed by atoms with Crippen LogP contribution in [-0.2, 0) is 4.79 Å². The number of aliphatic carboxylic acids is 1. The summed E-state index contributed by atoms with van der Waals surface area (Å²) in [5, 5.41) is 10.0. The molecular formula is C20H21N5O2. The third-order valence-corrected chi connectivity index (χ3v) is 5.15. The summed E-state index contributed by atoms with van der Waals surface area (Å²) in [7, 11) is 0. The molecule has 4 rings (SSSR count). The van der Waals surface area contributed by atoms with Crippen LogP contribution >= 0.6 is 0 Å². The maximum absolute atomic E-state index is 12.2. The Morgan fingerprint density at radius 3 is 2.93 bits per heavy atom. The number of imidazole rings is 1. The van der Waals surface area contributed by atoms with Crippen LogP contribution in [0.3, 0.4) is 0 Å². The highest BCUT2D eigenvalue weighted by molar-refractivity contribution is 5.84. The molecule has 0 radical (unpaired) electrons. The molecule has 0 unspecified atom stereocenters. The molecule has 7 nitrogen and oxygen atoms in total. The summed E-state index contributed by atoms with van der Waals surface area (Å²) in [5.74, 6) is -0.0466. The summed E-state index contributed by atoms with van der Waals surface area (Å²) >= 11 is 0. The van der Waals surface area contributed by atoms with Gasteiger partial charge in [0.25, 0.3) is 0 Å². The zero-order valence-corrected chi connectivity index (χ0v) is 14.9. The molecule has 1 aliphatic heterocycles. The van der Waals surface area contributed by atoms with Crippen LogP contribution in [0.1, 0.15) is 24.8 Å². The van der Waals surface area contributed by atoms with E-state index in [9.17, 15) is 9.90 Å². The first-order valence-electron chi connectivity index (χ1n) is 9.02. The van der Waals surface area contributed by atoms with E-state index in [1.807, 2.05) is 47.4 Å². The van der Waals surface area contributed by atoms with Crippen LogP contribution in [0.25, 0.3) is 17.2 Å². The van der Waals surface area contributed by atoms with Gasteiger partial charge in [0.05, 0.1) is 11.7 Å². The zero-order valence-electron chi connectivity index (χ0n) is 14.9. The number of fused-ring (bicyclic) bond motifs is 1. The molecular weight excluding hydrogens is 342 g/mol. The van der Waals surface area contributed by atoms with Crippen molar-refractivity contribution in [3.63, 3.8) is 0 Å². The summed E-state index contributed by atoms with van der Waals surface area (Å²) in [4.78, 5) is 30.0. The first-order valence-corrected chi connectivity index (χ1v) is 9.02. The minimum absolute atomic E-state index is 0.409. The van der Waals surface area contributed by atoms with Gasteiger partial charge < -0.3 is 15.0 Å². The Bertz CT molecular complexity index is 969. The molecule has 1 fully saturated rings. The van der Waals surface area contributed by atoms with E-state index in [2.05, 4.69) is 19.9 Å². The van der Waals surface area contributed by atoms with Crippen molar-refractivity contribution in [1.82, 2.24) is 19.9 Å². The normalized spacial score (nSPS) is 20.4. The molecule has 0 aliphatic carbocycles. The lowest BCUT2D eigenvalue weighted by Crippen LogP contribution is -2.48. The Morgan fingerprint density at radius 2 is 2.11 bits per heavy atom. The molecule has 7 heteroatoms. The van der Waals surface area contributed by atoms with Crippen molar-refractivity contribution < 1.29 is 9.90 Å². The smallest absolute Gasteiger partial charge is 0.311 e. The Balaban J connectivity index is 1.58. The maximum Gasteiger partial charge on any atom is 0.311 e. The largest absolute Gasteiger partial charge is 0.481 e. The highest BCUT2D eigenvalue weighted by Crippen LogP contribution is 2.37. The number of aromatic amines is 1. The van der Waals surface area contributed by atoms with E-state index in [1.54, 1.807) is 6.33 Å². The number of nitrogens with zero attached hydrogens (tertiary/aromatic N) is 4. The maximum atomic E-state index is 12.2. The number of hydrogen-bond acceptors (Lipinski definition) is 5. The second kappa shape index (κ2) is 7.19. The van der Waals surface area contributed by atoms with Gasteiger partial charge in [0.15, 0.2) is 11.5 Å². The lowest BCUT2D eigenvalue weighted by atomic mass is 9.77. The molecule has 138 valence electrons. The minimum atomic E-state index is -0.833. The van der Waals surface area contributed by atoms with Crippen molar-refractivity contribution in [1.29, 1.82) is 0 Å². The van der Waals surface area contributed by atoms with Gasteiger partial charge in [-0.05, 0) is 24.8 Å². The monoisotopic (exact) mass is 363 g/mol. The molecule has 1 atom stereocenters. The molecule has 1 aliphatic rings. The minimum Gasteiger partial charge on any atom is -0.481 e. The SMILES string of the molecule is O=C(O)[C@@]1(C/C=C/c2ccccc2)CCCN(c2ncnc3nc[nH]c23)C1. The Labute approximate surface area is 156 Å². The van der Waals surface area contributed by atoms with Crippen molar-refractivity contribution >= 4 is 29.0 Å². The first-order chi connectivity index (χ1) is 13.2. The molecule has 2 N–H and O–H groups in total. The average Bonchev–Trinajstić information content (AvgIpc) is 3.18. The number of nitrogens with one attached hydrogen (secondary N) is 1. The summed E-state index contributed by atoms with van der Waals surface area (Å²) in [5.41, 5.74) is 1.58. The van der Waals surface area contributed by atoms with Crippen molar-refractivity contribution in [2.45, 2.75) is 19.3 Å². The Kier molecular flexibility index (Phi) is 4.58. The summed E-state index contributed by atoms with van der Waals surface area (Å²) in [6, 6.07) is 9.92. The standard InChI is InChI=1S/C20H21N5O2/c26-19(27)20(9-4-8-15-6-2-1-3-7-15)10-5-11-25(12-20)18-16-17(22-13-21-16)23-14-24-18/h1-4,6-8,13-14H,5,9-12H2,(H,26,27)(H,21,22,23,24)/b8-4+/t20-/m0/s1. The van der Waals surface area contributed by atoms with Gasteiger partial charge in [-0.3, -0.25) is 4.79 Å². The van der Waals surface area contributed by atoms with E-state index in [4.69, 9.17) is 0 Å². The van der Waals surface area contributed by atoms with E-state index in [-0.39, 0.29) is 0 Å². The summed E-state index contributed by atoms with van der Waals surface area (Å²) in [6.45, 7) is 1.18. The van der Waals surface area contributed by atoms with Crippen LogP contribution in [-0.4, -0.2) is 44.1 Å². The zero-order chi connectivity index (χ0) is 18.7. The molecule has 2 aromatic heterocycles. The fraction of sp³-hybridized carbons (Fsp3) is 0.300. The average molecular weight is 363 g/mol. The fourth-order valence-corrected chi connectivity index (χ4v) is 3.72. The van der Waals surface area contributed by atoms with Crippen molar-refractivity contribution in [2.75, 3.05) is 18.0 Å². The number of carboxylic acid groups (broad SMARTS) is 1. The predicted molar refractivity (Wildman–Crippen MR) is 103 cm³/mol. The van der Waals surface area contributed by atoms with E-state index < -0.39 is 11.4 Å². The number of benzene rings is 1. The van der Waals surface area contributed by atoms with Gasteiger partial charge in [-0.15, -0.1) is 0 Å². The van der Waals surface area contributed by atoms with Crippen LogP contribution < -0.4 is 4.90 Å². The van der Waals surface area contributed by atoms with Gasteiger partial charge in [-0.1, -0.05) is 42.5 Å². The highest BCUT2D eigenvalue weighted by atomic mass is 16.4. The van der Waals surface area contributed by atoms with Gasteiger partial charge in [0, 0.05) is 13.1 Å². The number of piperidine rings is 1. The molecule has 0 bridgehead atoms. The van der Waals surface area contributed by atoms with Crippen LogP contribution in [0, 0.1) is 5.41 Å². The third kappa shape index (κ3) is 3.40. The van der Waals surface area contributed by atoms with Gasteiger partial charge in [0.1, 0.15) is 11.8 Å². The van der Waals surface area contributed by atoms with Crippen LogP contribution in [0.4, 0.5) is 5.82 Å². The van der Waals surface area contributed by atoms with E-state index in [1.165, 1.54) is 6.33 Å².